The lowest BCUT2D eigenvalue weighted by atomic mass is 10.1. The quantitative estimate of drug-likeness (QED) is 0.693. The molecule has 0 aromatic heterocycles. The number of quaternary nitrogens is 1. The van der Waals surface area contributed by atoms with Gasteiger partial charge in [-0.05, 0) is 44.4 Å². The maximum atomic E-state index is 12.1. The number of amides is 2. The van der Waals surface area contributed by atoms with Crippen LogP contribution in [0.1, 0.15) is 31.4 Å². The number of likely N-dealkylation sites (N-methyl/N-ethyl adjacent to an activating group) is 1. The van der Waals surface area contributed by atoms with E-state index in [9.17, 15) is 9.59 Å². The van der Waals surface area contributed by atoms with E-state index in [-0.39, 0.29) is 24.4 Å². The van der Waals surface area contributed by atoms with Gasteiger partial charge in [-0.1, -0.05) is 19.1 Å². The molecule has 0 aliphatic heterocycles. The van der Waals surface area contributed by atoms with Crippen molar-refractivity contribution in [2.75, 3.05) is 25.5 Å². The number of hydrogen-bond donors (Lipinski definition) is 3. The van der Waals surface area contributed by atoms with Crippen LogP contribution in [0.25, 0.3) is 0 Å². The van der Waals surface area contributed by atoms with E-state index in [1.54, 1.807) is 0 Å². The summed E-state index contributed by atoms with van der Waals surface area (Å²) in [6.07, 6.45) is 0.901. The maximum absolute atomic E-state index is 12.1. The molecule has 5 nitrogen and oxygen atoms in total. The second kappa shape index (κ2) is 8.54. The fraction of sp³-hybridized carbons (Fsp3) is 0.529. The van der Waals surface area contributed by atoms with Gasteiger partial charge in [0, 0.05) is 11.7 Å². The van der Waals surface area contributed by atoms with Gasteiger partial charge in [0.25, 0.3) is 11.8 Å². The monoisotopic (exact) mass is 306 g/mol. The minimum Gasteiger partial charge on any atom is -0.349 e. The number of anilines is 1. The predicted molar refractivity (Wildman–Crippen MR) is 89.1 cm³/mol. The summed E-state index contributed by atoms with van der Waals surface area (Å²) >= 11 is 0. The molecular formula is C17H28N3O2+. The number of rotatable bonds is 7. The average Bonchev–Trinajstić information content (AvgIpc) is 2.43. The molecule has 0 saturated heterocycles. The summed E-state index contributed by atoms with van der Waals surface area (Å²) in [6.45, 7) is 8.56. The molecule has 1 unspecified atom stereocenters. The smallest absolute Gasteiger partial charge is 0.279 e. The summed E-state index contributed by atoms with van der Waals surface area (Å²) in [4.78, 5) is 24.7. The van der Waals surface area contributed by atoms with E-state index in [1.807, 2.05) is 52.9 Å². The molecule has 1 aromatic rings. The van der Waals surface area contributed by atoms with Crippen LogP contribution in [0.5, 0.6) is 0 Å². The zero-order valence-corrected chi connectivity index (χ0v) is 14.2. The highest BCUT2D eigenvalue weighted by atomic mass is 16.2. The Morgan fingerprint density at radius 3 is 2.45 bits per heavy atom. The topological polar surface area (TPSA) is 62.6 Å². The van der Waals surface area contributed by atoms with Crippen molar-refractivity contribution >= 4 is 17.5 Å². The van der Waals surface area contributed by atoms with Crippen LogP contribution in [0.15, 0.2) is 18.2 Å². The van der Waals surface area contributed by atoms with E-state index >= 15 is 0 Å². The van der Waals surface area contributed by atoms with E-state index in [0.29, 0.717) is 6.54 Å². The van der Waals surface area contributed by atoms with Gasteiger partial charge in [0.1, 0.15) is 0 Å². The molecule has 0 radical (unpaired) electrons. The highest BCUT2D eigenvalue weighted by Crippen LogP contribution is 2.17. The first kappa shape index (κ1) is 18.2. The first-order valence-corrected chi connectivity index (χ1v) is 7.80. The van der Waals surface area contributed by atoms with E-state index in [2.05, 4.69) is 10.6 Å². The number of hydrogen-bond acceptors (Lipinski definition) is 2. The molecule has 1 rings (SSSR count). The largest absolute Gasteiger partial charge is 0.349 e. The van der Waals surface area contributed by atoms with E-state index in [0.717, 1.165) is 28.1 Å². The Labute approximate surface area is 133 Å². The Morgan fingerprint density at radius 2 is 1.82 bits per heavy atom. The molecule has 2 atom stereocenters. The van der Waals surface area contributed by atoms with Gasteiger partial charge in [0.2, 0.25) is 0 Å². The van der Waals surface area contributed by atoms with Crippen LogP contribution in [0.2, 0.25) is 0 Å². The molecule has 0 fully saturated rings. The lowest BCUT2D eigenvalue weighted by Crippen LogP contribution is -3.11. The molecule has 22 heavy (non-hydrogen) atoms. The summed E-state index contributed by atoms with van der Waals surface area (Å²) in [6, 6.07) is 6.00. The van der Waals surface area contributed by atoms with Crippen molar-refractivity contribution in [3.63, 3.8) is 0 Å². The second-order valence-corrected chi connectivity index (χ2v) is 5.98. The highest BCUT2D eigenvalue weighted by Gasteiger charge is 2.16. The molecule has 1 aromatic carbocycles. The van der Waals surface area contributed by atoms with Crippen molar-refractivity contribution in [3.05, 3.63) is 29.3 Å². The standard InChI is InChI=1S/C17H27N3O2/c1-6-13(3)18-16(21)10-20(5)11-17(22)19-15-9-7-8-12(2)14(15)4/h7-9,13H,6,10-11H2,1-5H3,(H,18,21)(H,19,22)/p+1/t13-/m1/s1. The van der Waals surface area contributed by atoms with E-state index < -0.39 is 0 Å². The van der Waals surface area contributed by atoms with Crippen LogP contribution < -0.4 is 15.5 Å². The normalized spacial score (nSPS) is 13.3. The fourth-order valence-corrected chi connectivity index (χ4v) is 2.12. The summed E-state index contributed by atoms with van der Waals surface area (Å²) < 4.78 is 0. The molecule has 5 heteroatoms. The summed E-state index contributed by atoms with van der Waals surface area (Å²) in [5.41, 5.74) is 3.05. The summed E-state index contributed by atoms with van der Waals surface area (Å²) in [7, 11) is 1.85. The Bertz CT molecular complexity index is 529. The van der Waals surface area contributed by atoms with Crippen LogP contribution in [0.3, 0.4) is 0 Å². The number of carbonyl (C=O) groups is 2. The van der Waals surface area contributed by atoms with E-state index in [1.165, 1.54) is 0 Å². The Hall–Kier alpha value is -1.88. The van der Waals surface area contributed by atoms with Gasteiger partial charge in [-0.25, -0.2) is 0 Å². The van der Waals surface area contributed by atoms with Crippen LogP contribution >= 0.6 is 0 Å². The lowest BCUT2D eigenvalue weighted by molar-refractivity contribution is -0.862. The molecule has 2 amide bonds. The first-order chi connectivity index (χ1) is 10.3. The first-order valence-electron chi connectivity index (χ1n) is 7.80. The molecular weight excluding hydrogens is 278 g/mol. The van der Waals surface area contributed by atoms with Crippen molar-refractivity contribution < 1.29 is 14.5 Å². The minimum absolute atomic E-state index is 0.0219. The van der Waals surface area contributed by atoms with Gasteiger partial charge in [-0.2, -0.15) is 0 Å². The number of carbonyl (C=O) groups excluding carboxylic acids is 2. The summed E-state index contributed by atoms with van der Waals surface area (Å²) in [5, 5.41) is 5.82. The molecule has 0 aliphatic carbocycles. The van der Waals surface area contributed by atoms with Crippen molar-refractivity contribution in [3.8, 4) is 0 Å². The molecule has 0 aliphatic rings. The Kier molecular flexibility index (Phi) is 7.05. The third-order valence-corrected chi connectivity index (χ3v) is 3.82. The van der Waals surface area contributed by atoms with E-state index in [4.69, 9.17) is 0 Å². The van der Waals surface area contributed by atoms with Gasteiger partial charge in [0.15, 0.2) is 13.1 Å². The molecule has 3 N–H and O–H groups in total. The fourth-order valence-electron chi connectivity index (χ4n) is 2.12. The van der Waals surface area contributed by atoms with Gasteiger partial charge in [0.05, 0.1) is 7.05 Å². The van der Waals surface area contributed by atoms with Gasteiger partial charge in [-0.3, -0.25) is 9.59 Å². The maximum Gasteiger partial charge on any atom is 0.279 e. The molecule has 0 saturated carbocycles. The number of nitrogens with one attached hydrogen (secondary N) is 3. The second-order valence-electron chi connectivity index (χ2n) is 5.98. The lowest BCUT2D eigenvalue weighted by Gasteiger charge is -2.16. The van der Waals surface area contributed by atoms with Crippen LogP contribution in [-0.4, -0.2) is 38.0 Å². The van der Waals surface area contributed by atoms with Crippen LogP contribution in [0, 0.1) is 13.8 Å². The zero-order valence-electron chi connectivity index (χ0n) is 14.2. The summed E-state index contributed by atoms with van der Waals surface area (Å²) in [5.74, 6) is -0.103. The van der Waals surface area contributed by atoms with Crippen LogP contribution in [-0.2, 0) is 9.59 Å². The third kappa shape index (κ3) is 5.85. The molecule has 122 valence electrons. The van der Waals surface area contributed by atoms with Crippen molar-refractivity contribution in [2.24, 2.45) is 0 Å². The van der Waals surface area contributed by atoms with Gasteiger partial charge >= 0.3 is 0 Å². The Balaban J connectivity index is 2.47. The predicted octanol–water partition coefficient (Wildman–Crippen LogP) is 0.671. The van der Waals surface area contributed by atoms with Gasteiger partial charge < -0.3 is 15.5 Å². The van der Waals surface area contributed by atoms with Crippen molar-refractivity contribution in [2.45, 2.75) is 40.2 Å². The zero-order chi connectivity index (χ0) is 16.7. The van der Waals surface area contributed by atoms with Gasteiger partial charge in [-0.15, -0.1) is 0 Å². The third-order valence-electron chi connectivity index (χ3n) is 3.82. The Morgan fingerprint density at radius 1 is 1.18 bits per heavy atom. The average molecular weight is 306 g/mol. The highest BCUT2D eigenvalue weighted by molar-refractivity contribution is 5.92. The van der Waals surface area contributed by atoms with Crippen molar-refractivity contribution in [1.82, 2.24) is 5.32 Å². The molecule has 0 spiro atoms. The van der Waals surface area contributed by atoms with Crippen LogP contribution in [0.4, 0.5) is 5.69 Å². The van der Waals surface area contributed by atoms with Crippen molar-refractivity contribution in [1.29, 1.82) is 0 Å². The molecule has 0 heterocycles. The number of benzene rings is 1. The SMILES string of the molecule is CC[C@@H](C)NC(=O)C[NH+](C)CC(=O)Nc1cccc(C)c1C. The minimum atomic E-state index is -0.0810. The number of aryl methyl sites for hydroxylation is 1. The molecule has 0 bridgehead atoms.